The van der Waals surface area contributed by atoms with Crippen LogP contribution in [0.4, 0.5) is 0 Å². The molecule has 0 atom stereocenters. The van der Waals surface area contributed by atoms with Gasteiger partial charge in [-0.2, -0.15) is 0 Å². The molecule has 0 amide bonds. The molecule has 0 aliphatic rings. The van der Waals surface area contributed by atoms with Gasteiger partial charge >= 0.3 is 0 Å². The number of aromatic amines is 1. The summed E-state index contributed by atoms with van der Waals surface area (Å²) in [5.74, 6) is 1.02. The van der Waals surface area contributed by atoms with E-state index in [9.17, 15) is 4.79 Å². The first kappa shape index (κ1) is 19.8. The Bertz CT molecular complexity index is 654. The quantitative estimate of drug-likeness (QED) is 0.305. The van der Waals surface area contributed by atoms with Crippen molar-refractivity contribution in [2.24, 2.45) is 0 Å². The van der Waals surface area contributed by atoms with Crippen molar-refractivity contribution < 1.29 is 0 Å². The van der Waals surface area contributed by atoms with E-state index in [1.165, 1.54) is 56.9 Å². The summed E-state index contributed by atoms with van der Waals surface area (Å²) in [6, 6.07) is 11.8. The van der Waals surface area contributed by atoms with Crippen molar-refractivity contribution in [3.8, 4) is 0 Å². The number of unbranched alkanes of at least 4 members (excludes halogenated alkanes) is 7. The van der Waals surface area contributed by atoms with Gasteiger partial charge in [0, 0.05) is 18.2 Å². The second kappa shape index (κ2) is 11.9. The molecule has 0 radical (unpaired) electrons. The van der Waals surface area contributed by atoms with Gasteiger partial charge in [-0.25, -0.2) is 4.98 Å². The smallest absolute Gasteiger partial charge is 0.251 e. The molecule has 1 heterocycles. The zero-order chi connectivity index (χ0) is 17.7. The van der Waals surface area contributed by atoms with Crippen LogP contribution in [0.5, 0.6) is 0 Å². The molecule has 0 aliphatic carbocycles. The van der Waals surface area contributed by atoms with Gasteiger partial charge in [-0.3, -0.25) is 4.79 Å². The average molecular weight is 359 g/mol. The van der Waals surface area contributed by atoms with E-state index in [1.54, 1.807) is 17.8 Å². The standard InChI is InChI=1S/C21H30N2OS/c1-2-3-4-5-6-7-8-12-15-25-21-22-19(17-20(24)23-21)16-18-13-10-9-11-14-18/h9-11,13-14,17H,2-8,12,15-16H2,1H3,(H,22,23,24). The van der Waals surface area contributed by atoms with Gasteiger partial charge in [0.2, 0.25) is 0 Å². The van der Waals surface area contributed by atoms with E-state index in [0.29, 0.717) is 6.42 Å². The fourth-order valence-electron chi connectivity index (χ4n) is 2.85. The molecule has 1 aromatic carbocycles. The second-order valence-corrected chi connectivity index (χ2v) is 7.61. The van der Waals surface area contributed by atoms with Crippen molar-refractivity contribution in [3.05, 3.63) is 58.0 Å². The largest absolute Gasteiger partial charge is 0.301 e. The van der Waals surface area contributed by atoms with E-state index in [4.69, 9.17) is 0 Å². The summed E-state index contributed by atoms with van der Waals surface area (Å²) in [6.07, 6.45) is 11.3. The predicted molar refractivity (Wildman–Crippen MR) is 107 cm³/mol. The SMILES string of the molecule is CCCCCCCCCCSc1nc(Cc2ccccc2)cc(=O)[nH]1. The summed E-state index contributed by atoms with van der Waals surface area (Å²) in [5, 5.41) is 0.751. The maximum absolute atomic E-state index is 11.9. The van der Waals surface area contributed by atoms with E-state index in [-0.39, 0.29) is 5.56 Å². The van der Waals surface area contributed by atoms with Crippen LogP contribution < -0.4 is 5.56 Å². The first-order chi connectivity index (χ1) is 12.3. The minimum Gasteiger partial charge on any atom is -0.301 e. The molecule has 0 fully saturated rings. The summed E-state index contributed by atoms with van der Waals surface area (Å²) in [6.45, 7) is 2.25. The third-order valence-corrected chi connectivity index (χ3v) is 5.20. The van der Waals surface area contributed by atoms with Crippen LogP contribution in [0.2, 0.25) is 0 Å². The van der Waals surface area contributed by atoms with Crippen LogP contribution in [-0.4, -0.2) is 15.7 Å². The summed E-state index contributed by atoms with van der Waals surface area (Å²) < 4.78 is 0. The Morgan fingerprint density at radius 1 is 0.960 bits per heavy atom. The number of hydrogen-bond acceptors (Lipinski definition) is 3. The van der Waals surface area contributed by atoms with Crippen LogP contribution in [0, 0.1) is 0 Å². The van der Waals surface area contributed by atoms with E-state index in [1.807, 2.05) is 18.2 Å². The third kappa shape index (κ3) is 8.39. The molecule has 0 saturated carbocycles. The van der Waals surface area contributed by atoms with Gasteiger partial charge in [-0.1, -0.05) is 94.0 Å². The minimum absolute atomic E-state index is 0.0562. The lowest BCUT2D eigenvalue weighted by Crippen LogP contribution is -2.10. The number of H-pyrrole nitrogens is 1. The topological polar surface area (TPSA) is 45.8 Å². The second-order valence-electron chi connectivity index (χ2n) is 6.53. The molecule has 1 aromatic heterocycles. The zero-order valence-electron chi connectivity index (χ0n) is 15.3. The van der Waals surface area contributed by atoms with Gasteiger partial charge in [-0.05, 0) is 12.0 Å². The first-order valence-electron chi connectivity index (χ1n) is 9.55. The number of nitrogens with zero attached hydrogens (tertiary/aromatic N) is 1. The fraction of sp³-hybridized carbons (Fsp3) is 0.524. The highest BCUT2D eigenvalue weighted by atomic mass is 32.2. The number of nitrogens with one attached hydrogen (secondary N) is 1. The van der Waals surface area contributed by atoms with Crippen LogP contribution in [0.3, 0.4) is 0 Å². The van der Waals surface area contributed by atoms with Crippen molar-refractivity contribution in [3.63, 3.8) is 0 Å². The van der Waals surface area contributed by atoms with E-state index in [0.717, 1.165) is 16.6 Å². The Labute approximate surface area is 155 Å². The van der Waals surface area contributed by atoms with Gasteiger partial charge in [0.05, 0.1) is 5.69 Å². The molecule has 2 rings (SSSR count). The molecule has 0 spiro atoms. The van der Waals surface area contributed by atoms with Crippen molar-refractivity contribution in [2.45, 2.75) is 69.9 Å². The fourth-order valence-corrected chi connectivity index (χ4v) is 3.75. The number of hydrogen-bond donors (Lipinski definition) is 1. The average Bonchev–Trinajstić information content (AvgIpc) is 2.61. The van der Waals surface area contributed by atoms with Crippen LogP contribution in [0.25, 0.3) is 0 Å². The van der Waals surface area contributed by atoms with Crippen molar-refractivity contribution in [2.75, 3.05) is 5.75 Å². The molecule has 3 nitrogen and oxygen atoms in total. The lowest BCUT2D eigenvalue weighted by molar-refractivity contribution is 0.586. The molecule has 0 bridgehead atoms. The molecular formula is C21H30N2OS. The normalized spacial score (nSPS) is 10.9. The molecule has 25 heavy (non-hydrogen) atoms. The van der Waals surface area contributed by atoms with Gasteiger partial charge in [0.1, 0.15) is 0 Å². The number of aromatic nitrogens is 2. The van der Waals surface area contributed by atoms with Crippen LogP contribution in [0.1, 0.15) is 69.5 Å². The minimum atomic E-state index is -0.0562. The van der Waals surface area contributed by atoms with E-state index >= 15 is 0 Å². The lowest BCUT2D eigenvalue weighted by atomic mass is 10.1. The first-order valence-corrected chi connectivity index (χ1v) is 10.5. The molecule has 0 unspecified atom stereocenters. The third-order valence-electron chi connectivity index (χ3n) is 4.24. The summed E-state index contributed by atoms with van der Waals surface area (Å²) in [7, 11) is 0. The predicted octanol–water partition coefficient (Wildman–Crippen LogP) is 5.59. The van der Waals surface area contributed by atoms with Gasteiger partial charge in [0.25, 0.3) is 5.56 Å². The Hall–Kier alpha value is -1.55. The zero-order valence-corrected chi connectivity index (χ0v) is 16.1. The number of benzene rings is 1. The maximum Gasteiger partial charge on any atom is 0.251 e. The molecular weight excluding hydrogens is 328 g/mol. The number of thioether (sulfide) groups is 1. The monoisotopic (exact) mass is 358 g/mol. The molecule has 2 aromatic rings. The van der Waals surface area contributed by atoms with Gasteiger partial charge in [0.15, 0.2) is 5.16 Å². The van der Waals surface area contributed by atoms with Crippen LogP contribution in [-0.2, 0) is 6.42 Å². The van der Waals surface area contributed by atoms with Crippen molar-refractivity contribution in [1.82, 2.24) is 9.97 Å². The lowest BCUT2D eigenvalue weighted by Gasteiger charge is -2.05. The van der Waals surface area contributed by atoms with Gasteiger partial charge < -0.3 is 4.98 Å². The Morgan fingerprint density at radius 3 is 2.36 bits per heavy atom. The maximum atomic E-state index is 11.9. The molecule has 0 aliphatic heterocycles. The molecule has 136 valence electrons. The summed E-state index contributed by atoms with van der Waals surface area (Å²) in [5.41, 5.74) is 1.97. The highest BCUT2D eigenvalue weighted by Crippen LogP contribution is 2.16. The Balaban J connectivity index is 1.70. The van der Waals surface area contributed by atoms with Crippen LogP contribution >= 0.6 is 11.8 Å². The van der Waals surface area contributed by atoms with Crippen molar-refractivity contribution in [1.29, 1.82) is 0 Å². The van der Waals surface area contributed by atoms with Gasteiger partial charge in [-0.15, -0.1) is 0 Å². The summed E-state index contributed by atoms with van der Waals surface area (Å²) in [4.78, 5) is 19.3. The highest BCUT2D eigenvalue weighted by Gasteiger charge is 2.03. The van der Waals surface area contributed by atoms with Crippen LogP contribution in [0.15, 0.2) is 46.3 Å². The van der Waals surface area contributed by atoms with E-state index in [2.05, 4.69) is 29.0 Å². The summed E-state index contributed by atoms with van der Waals surface area (Å²) >= 11 is 1.66. The van der Waals surface area contributed by atoms with Crippen molar-refractivity contribution >= 4 is 11.8 Å². The molecule has 0 saturated heterocycles. The highest BCUT2D eigenvalue weighted by molar-refractivity contribution is 7.99. The Kier molecular flexibility index (Phi) is 9.42. The number of rotatable bonds is 12. The Morgan fingerprint density at radius 2 is 1.64 bits per heavy atom. The molecule has 1 N–H and O–H groups in total. The van der Waals surface area contributed by atoms with E-state index < -0.39 is 0 Å². The molecule has 4 heteroatoms.